The van der Waals surface area contributed by atoms with Crippen LogP contribution in [0.15, 0.2) is 18.2 Å². The number of anilines is 1. The molecule has 0 aliphatic carbocycles. The fourth-order valence-corrected chi connectivity index (χ4v) is 2.09. The highest BCUT2D eigenvalue weighted by molar-refractivity contribution is 5.51. The molecule has 1 aromatic carbocycles. The second-order valence-electron chi connectivity index (χ2n) is 4.62. The van der Waals surface area contributed by atoms with E-state index in [1.807, 2.05) is 0 Å². The van der Waals surface area contributed by atoms with E-state index < -0.39 is 0 Å². The third kappa shape index (κ3) is 5.19. The van der Waals surface area contributed by atoms with Gasteiger partial charge in [-0.1, -0.05) is 6.07 Å². The lowest BCUT2D eigenvalue weighted by atomic mass is 10.0. The highest BCUT2D eigenvalue weighted by Gasteiger charge is 2.08. The molecule has 108 valence electrons. The topological polar surface area (TPSA) is 47.7 Å². The van der Waals surface area contributed by atoms with Gasteiger partial charge < -0.3 is 20.1 Å². The summed E-state index contributed by atoms with van der Waals surface area (Å²) in [5.74, 6) is 0. The molecule has 0 fully saturated rings. The van der Waals surface area contributed by atoms with Crippen LogP contribution in [0.4, 0.5) is 5.69 Å². The first kappa shape index (κ1) is 16.0. The molecular weight excluding hydrogens is 240 g/mol. The largest absolute Gasteiger partial charge is 0.383 e. The molecule has 0 unspecified atom stereocenters. The van der Waals surface area contributed by atoms with Crippen molar-refractivity contribution in [2.24, 2.45) is 5.73 Å². The molecule has 4 nitrogen and oxygen atoms in total. The highest BCUT2D eigenvalue weighted by atomic mass is 16.5. The maximum Gasteiger partial charge on any atom is 0.0637 e. The van der Waals surface area contributed by atoms with E-state index >= 15 is 0 Å². The van der Waals surface area contributed by atoms with Crippen molar-refractivity contribution in [1.82, 2.24) is 0 Å². The van der Waals surface area contributed by atoms with Crippen molar-refractivity contribution < 1.29 is 9.47 Å². The molecule has 19 heavy (non-hydrogen) atoms. The Morgan fingerprint density at radius 3 is 2.21 bits per heavy atom. The number of methoxy groups -OCH3 is 2. The van der Waals surface area contributed by atoms with Gasteiger partial charge in [-0.25, -0.2) is 0 Å². The molecule has 4 heteroatoms. The minimum atomic E-state index is 0.692. The number of rotatable bonds is 9. The van der Waals surface area contributed by atoms with Crippen LogP contribution in [0.2, 0.25) is 0 Å². The van der Waals surface area contributed by atoms with Crippen molar-refractivity contribution in [3.63, 3.8) is 0 Å². The van der Waals surface area contributed by atoms with Crippen LogP contribution in [0.1, 0.15) is 11.1 Å². The molecule has 0 aromatic heterocycles. The molecule has 1 rings (SSSR count). The molecule has 0 atom stereocenters. The summed E-state index contributed by atoms with van der Waals surface area (Å²) in [6, 6.07) is 6.55. The molecule has 0 aliphatic heterocycles. The van der Waals surface area contributed by atoms with Gasteiger partial charge in [0, 0.05) is 33.0 Å². The number of nitrogens with zero attached hydrogens (tertiary/aromatic N) is 1. The van der Waals surface area contributed by atoms with Crippen LogP contribution in [0.5, 0.6) is 0 Å². The summed E-state index contributed by atoms with van der Waals surface area (Å²) in [7, 11) is 3.45. The molecule has 0 saturated carbocycles. The number of hydrogen-bond donors (Lipinski definition) is 1. The summed E-state index contributed by atoms with van der Waals surface area (Å²) in [4.78, 5) is 2.28. The Balaban J connectivity index is 2.79. The van der Waals surface area contributed by atoms with E-state index in [0.29, 0.717) is 19.8 Å². The first-order valence-electron chi connectivity index (χ1n) is 6.75. The second kappa shape index (κ2) is 8.91. The minimum absolute atomic E-state index is 0.692. The number of hydrogen-bond acceptors (Lipinski definition) is 4. The Kier molecular flexibility index (Phi) is 7.48. The van der Waals surface area contributed by atoms with Crippen molar-refractivity contribution in [1.29, 1.82) is 0 Å². The molecule has 0 heterocycles. The van der Waals surface area contributed by atoms with Crippen molar-refractivity contribution in [3.8, 4) is 0 Å². The summed E-state index contributed by atoms with van der Waals surface area (Å²) in [5, 5.41) is 0. The lowest BCUT2D eigenvalue weighted by Crippen LogP contribution is -2.30. The lowest BCUT2D eigenvalue weighted by Gasteiger charge is -2.25. The first-order valence-corrected chi connectivity index (χ1v) is 6.75. The second-order valence-corrected chi connectivity index (χ2v) is 4.62. The maximum absolute atomic E-state index is 5.62. The zero-order valence-electron chi connectivity index (χ0n) is 12.3. The molecule has 0 bridgehead atoms. The molecule has 0 spiro atoms. The Bertz CT molecular complexity index is 361. The number of nitrogens with two attached hydrogens (primary N) is 1. The van der Waals surface area contributed by atoms with Crippen LogP contribution in [0, 0.1) is 6.92 Å². The summed E-state index contributed by atoms with van der Waals surface area (Å²) in [6.07, 6.45) is 0.933. The van der Waals surface area contributed by atoms with Gasteiger partial charge in [0.1, 0.15) is 0 Å². The van der Waals surface area contributed by atoms with Crippen LogP contribution in [-0.2, 0) is 15.9 Å². The smallest absolute Gasteiger partial charge is 0.0637 e. The summed E-state index contributed by atoms with van der Waals surface area (Å²) >= 11 is 0. The highest BCUT2D eigenvalue weighted by Crippen LogP contribution is 2.19. The SMILES string of the molecule is COCCN(CCOC)c1ccc(CCN)c(C)c1. The standard InChI is InChI=1S/C15H26N2O2/c1-13-12-15(5-4-14(13)6-7-16)17(8-10-18-2)9-11-19-3/h4-5,12H,6-11,16H2,1-3H3. The third-order valence-electron chi connectivity index (χ3n) is 3.24. The summed E-state index contributed by atoms with van der Waals surface area (Å²) in [6.45, 7) is 6.00. The number of ether oxygens (including phenoxy) is 2. The Hall–Kier alpha value is -1.10. The van der Waals surface area contributed by atoms with E-state index in [0.717, 1.165) is 19.5 Å². The van der Waals surface area contributed by atoms with Crippen molar-refractivity contribution >= 4 is 5.69 Å². The predicted octanol–water partition coefficient (Wildman–Crippen LogP) is 1.60. The number of benzene rings is 1. The van der Waals surface area contributed by atoms with Crippen molar-refractivity contribution in [2.75, 3.05) is 52.0 Å². The van der Waals surface area contributed by atoms with Gasteiger partial charge in [-0.3, -0.25) is 0 Å². The zero-order valence-corrected chi connectivity index (χ0v) is 12.3. The third-order valence-corrected chi connectivity index (χ3v) is 3.24. The van der Waals surface area contributed by atoms with Gasteiger partial charge in [-0.15, -0.1) is 0 Å². The molecule has 0 saturated heterocycles. The average molecular weight is 266 g/mol. The minimum Gasteiger partial charge on any atom is -0.383 e. The van der Waals surface area contributed by atoms with Gasteiger partial charge in [-0.05, 0) is 43.1 Å². The molecule has 2 N–H and O–H groups in total. The van der Waals surface area contributed by atoms with Gasteiger partial charge in [0.05, 0.1) is 13.2 Å². The van der Waals surface area contributed by atoms with E-state index in [4.69, 9.17) is 15.2 Å². The van der Waals surface area contributed by atoms with Gasteiger partial charge >= 0.3 is 0 Å². The van der Waals surface area contributed by atoms with E-state index in [2.05, 4.69) is 30.0 Å². The monoisotopic (exact) mass is 266 g/mol. The van der Waals surface area contributed by atoms with Crippen LogP contribution >= 0.6 is 0 Å². The zero-order chi connectivity index (χ0) is 14.1. The first-order chi connectivity index (χ1) is 9.22. The molecule has 0 aliphatic rings. The Labute approximate surface area is 116 Å². The van der Waals surface area contributed by atoms with Gasteiger partial charge in [0.15, 0.2) is 0 Å². The quantitative estimate of drug-likeness (QED) is 0.737. The Morgan fingerprint density at radius 1 is 1.11 bits per heavy atom. The van der Waals surface area contributed by atoms with E-state index in [-0.39, 0.29) is 0 Å². The van der Waals surface area contributed by atoms with Gasteiger partial charge in [0.2, 0.25) is 0 Å². The summed E-state index contributed by atoms with van der Waals surface area (Å²) in [5.41, 5.74) is 9.45. The molecular formula is C15H26N2O2. The number of aryl methyl sites for hydroxylation is 1. The van der Waals surface area contributed by atoms with Gasteiger partial charge in [0.25, 0.3) is 0 Å². The van der Waals surface area contributed by atoms with Crippen LogP contribution in [0.25, 0.3) is 0 Å². The summed E-state index contributed by atoms with van der Waals surface area (Å²) < 4.78 is 10.3. The fraction of sp³-hybridized carbons (Fsp3) is 0.600. The van der Waals surface area contributed by atoms with E-state index in [1.54, 1.807) is 14.2 Å². The van der Waals surface area contributed by atoms with Crippen LogP contribution in [-0.4, -0.2) is 47.1 Å². The average Bonchev–Trinajstić information content (AvgIpc) is 2.41. The normalized spacial score (nSPS) is 10.7. The van der Waals surface area contributed by atoms with E-state index in [1.165, 1.54) is 16.8 Å². The van der Waals surface area contributed by atoms with Crippen molar-refractivity contribution in [3.05, 3.63) is 29.3 Å². The van der Waals surface area contributed by atoms with Crippen molar-refractivity contribution in [2.45, 2.75) is 13.3 Å². The van der Waals surface area contributed by atoms with E-state index in [9.17, 15) is 0 Å². The fourth-order valence-electron chi connectivity index (χ4n) is 2.09. The Morgan fingerprint density at radius 2 is 1.74 bits per heavy atom. The predicted molar refractivity (Wildman–Crippen MR) is 79.9 cm³/mol. The maximum atomic E-state index is 5.62. The molecule has 0 radical (unpaired) electrons. The van der Waals surface area contributed by atoms with Gasteiger partial charge in [-0.2, -0.15) is 0 Å². The van der Waals surface area contributed by atoms with Crippen LogP contribution < -0.4 is 10.6 Å². The molecule has 1 aromatic rings. The molecule has 0 amide bonds. The van der Waals surface area contributed by atoms with Crippen LogP contribution in [0.3, 0.4) is 0 Å². The lowest BCUT2D eigenvalue weighted by molar-refractivity contribution is 0.190.